The number of hydrogen-bond acceptors (Lipinski definition) is 4. The zero-order valence-corrected chi connectivity index (χ0v) is 11.2. The molecule has 0 aromatic heterocycles. The summed E-state index contributed by atoms with van der Waals surface area (Å²) >= 11 is 0. The highest BCUT2D eigenvalue weighted by Crippen LogP contribution is 2.37. The lowest BCUT2D eigenvalue weighted by Gasteiger charge is -2.26. The molecular formula is C15H14N2O3. The van der Waals surface area contributed by atoms with E-state index in [1.54, 1.807) is 13.0 Å². The molecule has 5 nitrogen and oxygen atoms in total. The van der Waals surface area contributed by atoms with E-state index in [-0.39, 0.29) is 11.9 Å². The molecular weight excluding hydrogens is 256 g/mol. The summed E-state index contributed by atoms with van der Waals surface area (Å²) in [6.07, 6.45) is 0. The summed E-state index contributed by atoms with van der Waals surface area (Å²) in [6.45, 7) is 1.79. The van der Waals surface area contributed by atoms with Crippen LogP contribution in [0.3, 0.4) is 0 Å². The summed E-state index contributed by atoms with van der Waals surface area (Å²) in [5.41, 5.74) is 1.88. The van der Waals surface area contributed by atoms with E-state index in [4.69, 9.17) is 4.74 Å². The van der Waals surface area contributed by atoms with E-state index in [0.717, 1.165) is 16.5 Å². The summed E-state index contributed by atoms with van der Waals surface area (Å²) in [5, 5.41) is 7.67. The molecule has 20 heavy (non-hydrogen) atoms. The Labute approximate surface area is 115 Å². The summed E-state index contributed by atoms with van der Waals surface area (Å²) in [5.74, 6) is -0.541. The molecule has 2 aromatic rings. The maximum absolute atomic E-state index is 11.9. The van der Waals surface area contributed by atoms with Gasteiger partial charge in [0, 0.05) is 5.39 Å². The Balaban J connectivity index is 2.31. The molecule has 0 saturated carbocycles. The van der Waals surface area contributed by atoms with Gasteiger partial charge >= 0.3 is 5.97 Å². The first-order valence-electron chi connectivity index (χ1n) is 6.33. The number of nitrogens with one attached hydrogen (secondary N) is 2. The highest BCUT2D eigenvalue weighted by atomic mass is 16.5. The van der Waals surface area contributed by atoms with Crippen molar-refractivity contribution in [3.63, 3.8) is 0 Å². The third-order valence-electron chi connectivity index (χ3n) is 3.46. The Morgan fingerprint density at radius 2 is 1.95 bits per heavy atom. The number of anilines is 2. The second-order valence-corrected chi connectivity index (χ2v) is 4.74. The first-order chi connectivity index (χ1) is 9.61. The number of carbonyl (C=O) groups excluding carboxylic acids is 2. The van der Waals surface area contributed by atoms with Gasteiger partial charge in [-0.1, -0.05) is 24.3 Å². The number of esters is 1. The van der Waals surface area contributed by atoms with Crippen molar-refractivity contribution in [1.29, 1.82) is 0 Å². The monoisotopic (exact) mass is 270 g/mol. The number of ether oxygens (including phenoxy) is 1. The van der Waals surface area contributed by atoms with Gasteiger partial charge < -0.3 is 15.4 Å². The number of carbonyl (C=O) groups is 2. The van der Waals surface area contributed by atoms with Gasteiger partial charge in [0.2, 0.25) is 5.91 Å². The lowest BCUT2D eigenvalue weighted by molar-refractivity contribution is -0.116. The summed E-state index contributed by atoms with van der Waals surface area (Å²) in [4.78, 5) is 23.7. The lowest BCUT2D eigenvalue weighted by Crippen LogP contribution is -2.36. The van der Waals surface area contributed by atoms with Crippen molar-refractivity contribution in [1.82, 2.24) is 0 Å². The van der Waals surface area contributed by atoms with E-state index >= 15 is 0 Å². The molecule has 0 fully saturated rings. The molecule has 1 atom stereocenters. The molecule has 1 aliphatic rings. The number of hydrogen-bond donors (Lipinski definition) is 2. The van der Waals surface area contributed by atoms with Gasteiger partial charge in [0.05, 0.1) is 24.0 Å². The van der Waals surface area contributed by atoms with Gasteiger partial charge in [0.25, 0.3) is 0 Å². The van der Waals surface area contributed by atoms with Crippen LogP contribution in [-0.2, 0) is 9.53 Å². The van der Waals surface area contributed by atoms with Gasteiger partial charge in [-0.25, -0.2) is 4.79 Å². The van der Waals surface area contributed by atoms with Crippen molar-refractivity contribution >= 4 is 34.0 Å². The lowest BCUT2D eigenvalue weighted by atomic mass is 9.99. The average molecular weight is 270 g/mol. The number of benzene rings is 2. The second kappa shape index (κ2) is 4.52. The Hall–Kier alpha value is -2.56. The second-order valence-electron chi connectivity index (χ2n) is 4.74. The molecule has 1 amide bonds. The maximum atomic E-state index is 11.9. The normalized spacial score (nSPS) is 17.1. The number of fused-ring (bicyclic) bond motifs is 3. The average Bonchev–Trinajstić information content (AvgIpc) is 2.47. The zero-order valence-electron chi connectivity index (χ0n) is 11.2. The van der Waals surface area contributed by atoms with Gasteiger partial charge in [0.1, 0.15) is 6.04 Å². The summed E-state index contributed by atoms with van der Waals surface area (Å²) in [6, 6.07) is 8.89. The third kappa shape index (κ3) is 1.79. The number of methoxy groups -OCH3 is 1. The standard InChI is InChI=1S/C15H14N2O3/c1-8-14(18)17-12-7-11(15(19)20-2)9-5-3-4-6-10(9)13(12)16-8/h3-8,16H,1-2H3,(H,17,18). The Morgan fingerprint density at radius 1 is 1.25 bits per heavy atom. The van der Waals surface area contributed by atoms with Gasteiger partial charge in [-0.15, -0.1) is 0 Å². The fraction of sp³-hybridized carbons (Fsp3) is 0.200. The van der Waals surface area contributed by atoms with Crippen LogP contribution in [0, 0.1) is 0 Å². The molecule has 0 aliphatic carbocycles. The predicted molar refractivity (Wildman–Crippen MR) is 77.0 cm³/mol. The van der Waals surface area contributed by atoms with Gasteiger partial charge in [-0.05, 0) is 18.4 Å². The molecule has 2 N–H and O–H groups in total. The zero-order chi connectivity index (χ0) is 14.3. The molecule has 3 rings (SSSR count). The highest BCUT2D eigenvalue weighted by Gasteiger charge is 2.25. The predicted octanol–water partition coefficient (Wildman–Crippen LogP) is 2.38. The van der Waals surface area contributed by atoms with Crippen LogP contribution in [0.15, 0.2) is 30.3 Å². The number of amides is 1. The first-order valence-corrected chi connectivity index (χ1v) is 6.33. The van der Waals surface area contributed by atoms with E-state index in [1.807, 2.05) is 24.3 Å². The Kier molecular flexibility index (Phi) is 2.82. The minimum atomic E-state index is -0.420. The summed E-state index contributed by atoms with van der Waals surface area (Å²) in [7, 11) is 1.34. The van der Waals surface area contributed by atoms with E-state index in [0.29, 0.717) is 11.3 Å². The molecule has 0 bridgehead atoms. The molecule has 0 saturated heterocycles. The first kappa shape index (κ1) is 12.5. The molecule has 0 radical (unpaired) electrons. The van der Waals surface area contributed by atoms with Crippen LogP contribution in [0.5, 0.6) is 0 Å². The van der Waals surface area contributed by atoms with E-state index < -0.39 is 5.97 Å². The minimum Gasteiger partial charge on any atom is -0.465 e. The largest absolute Gasteiger partial charge is 0.465 e. The Morgan fingerprint density at radius 3 is 2.65 bits per heavy atom. The van der Waals surface area contributed by atoms with Crippen molar-refractivity contribution in [2.45, 2.75) is 13.0 Å². The van der Waals surface area contributed by atoms with Crippen LogP contribution >= 0.6 is 0 Å². The van der Waals surface area contributed by atoms with Gasteiger partial charge in [-0.2, -0.15) is 0 Å². The van der Waals surface area contributed by atoms with Crippen molar-refractivity contribution in [2.24, 2.45) is 0 Å². The highest BCUT2D eigenvalue weighted by molar-refractivity contribution is 6.16. The van der Waals surface area contributed by atoms with Gasteiger partial charge in [-0.3, -0.25) is 4.79 Å². The fourth-order valence-electron chi connectivity index (χ4n) is 2.43. The van der Waals surface area contributed by atoms with Crippen LogP contribution in [0.25, 0.3) is 10.8 Å². The van der Waals surface area contributed by atoms with Crippen LogP contribution < -0.4 is 10.6 Å². The van der Waals surface area contributed by atoms with Crippen molar-refractivity contribution in [3.05, 3.63) is 35.9 Å². The van der Waals surface area contributed by atoms with Crippen LogP contribution in [0.2, 0.25) is 0 Å². The van der Waals surface area contributed by atoms with Gasteiger partial charge in [0.15, 0.2) is 0 Å². The van der Waals surface area contributed by atoms with E-state index in [9.17, 15) is 9.59 Å². The molecule has 1 unspecified atom stereocenters. The molecule has 2 aromatic carbocycles. The maximum Gasteiger partial charge on any atom is 0.338 e. The van der Waals surface area contributed by atoms with Crippen molar-refractivity contribution in [3.8, 4) is 0 Å². The molecule has 1 aliphatic heterocycles. The van der Waals surface area contributed by atoms with Crippen LogP contribution in [-0.4, -0.2) is 25.0 Å². The molecule has 102 valence electrons. The fourth-order valence-corrected chi connectivity index (χ4v) is 2.43. The smallest absolute Gasteiger partial charge is 0.338 e. The van der Waals surface area contributed by atoms with Crippen LogP contribution in [0.4, 0.5) is 11.4 Å². The van der Waals surface area contributed by atoms with E-state index in [1.165, 1.54) is 7.11 Å². The molecule has 0 spiro atoms. The molecule has 1 heterocycles. The van der Waals surface area contributed by atoms with Crippen LogP contribution in [0.1, 0.15) is 17.3 Å². The quantitative estimate of drug-likeness (QED) is 0.781. The SMILES string of the molecule is COC(=O)c1cc2c(c3ccccc13)NC(C)C(=O)N2. The molecule has 5 heteroatoms. The minimum absolute atomic E-state index is 0.122. The topological polar surface area (TPSA) is 67.4 Å². The summed E-state index contributed by atoms with van der Waals surface area (Å²) < 4.78 is 4.81. The van der Waals surface area contributed by atoms with Crippen molar-refractivity contribution < 1.29 is 14.3 Å². The Bertz CT molecular complexity index is 724. The van der Waals surface area contributed by atoms with E-state index in [2.05, 4.69) is 10.6 Å². The number of rotatable bonds is 1. The third-order valence-corrected chi connectivity index (χ3v) is 3.46. The van der Waals surface area contributed by atoms with Crippen molar-refractivity contribution in [2.75, 3.05) is 17.7 Å².